The predicted molar refractivity (Wildman–Crippen MR) is 85.0 cm³/mol. The summed E-state index contributed by atoms with van der Waals surface area (Å²) in [5, 5.41) is 6.10. The number of nitrogens with one attached hydrogen (secondary N) is 1. The van der Waals surface area contributed by atoms with Crippen LogP contribution in [0, 0.1) is 0 Å². The monoisotopic (exact) mass is 301 g/mol. The van der Waals surface area contributed by atoms with Gasteiger partial charge in [-0.25, -0.2) is 4.98 Å². The molecule has 1 fully saturated rings. The molecule has 1 amide bonds. The molecule has 0 radical (unpaired) electrons. The van der Waals surface area contributed by atoms with Crippen molar-refractivity contribution in [3.63, 3.8) is 0 Å². The molecule has 4 nitrogen and oxygen atoms in total. The number of rotatable bonds is 6. The molecule has 1 saturated carbocycles. The molecule has 110 valence electrons. The van der Waals surface area contributed by atoms with Gasteiger partial charge < -0.3 is 5.32 Å². The van der Waals surface area contributed by atoms with Crippen molar-refractivity contribution in [2.24, 2.45) is 0 Å². The van der Waals surface area contributed by atoms with Crippen LogP contribution in [-0.4, -0.2) is 35.4 Å². The summed E-state index contributed by atoms with van der Waals surface area (Å²) in [6.45, 7) is 1.12. The first-order valence-corrected chi connectivity index (χ1v) is 8.06. The van der Waals surface area contributed by atoms with E-state index < -0.39 is 0 Å². The fourth-order valence-electron chi connectivity index (χ4n) is 2.17. The Balaban J connectivity index is 1.55. The van der Waals surface area contributed by atoms with Gasteiger partial charge in [0.25, 0.3) is 0 Å². The maximum atomic E-state index is 11.8. The van der Waals surface area contributed by atoms with Gasteiger partial charge in [0.2, 0.25) is 5.91 Å². The Kier molecular flexibility index (Phi) is 4.31. The van der Waals surface area contributed by atoms with Crippen LogP contribution in [0.3, 0.4) is 0 Å². The van der Waals surface area contributed by atoms with Crippen molar-refractivity contribution in [2.45, 2.75) is 25.4 Å². The number of aromatic nitrogens is 1. The van der Waals surface area contributed by atoms with E-state index >= 15 is 0 Å². The first-order valence-electron chi connectivity index (χ1n) is 7.18. The highest BCUT2D eigenvalue weighted by Gasteiger charge is 2.23. The zero-order chi connectivity index (χ0) is 14.7. The van der Waals surface area contributed by atoms with Crippen LogP contribution in [0.4, 0.5) is 0 Å². The molecule has 1 aliphatic carbocycles. The van der Waals surface area contributed by atoms with Crippen LogP contribution in [0.5, 0.6) is 0 Å². The Labute approximate surface area is 128 Å². The number of hydrogen-bond acceptors (Lipinski definition) is 4. The van der Waals surface area contributed by atoms with Crippen LogP contribution >= 0.6 is 11.3 Å². The summed E-state index contributed by atoms with van der Waals surface area (Å²) in [6.07, 6.45) is 2.25. The molecule has 1 aromatic carbocycles. The number of carbonyl (C=O) groups excluding carboxylic acids is 1. The minimum Gasteiger partial charge on any atom is -0.352 e. The van der Waals surface area contributed by atoms with E-state index in [4.69, 9.17) is 0 Å². The average molecular weight is 301 g/mol. The molecule has 0 aliphatic heterocycles. The van der Waals surface area contributed by atoms with Gasteiger partial charge in [0, 0.05) is 23.5 Å². The van der Waals surface area contributed by atoms with Gasteiger partial charge in [-0.05, 0) is 19.9 Å². The van der Waals surface area contributed by atoms with Crippen molar-refractivity contribution in [2.75, 3.05) is 13.6 Å². The summed E-state index contributed by atoms with van der Waals surface area (Å²) in [6, 6.07) is 10.6. The summed E-state index contributed by atoms with van der Waals surface area (Å²) in [5.74, 6) is 0.110. The van der Waals surface area contributed by atoms with E-state index in [2.05, 4.69) is 27.8 Å². The molecule has 1 N–H and O–H groups in total. The maximum absolute atomic E-state index is 11.8. The lowest BCUT2D eigenvalue weighted by Crippen LogP contribution is -2.35. The minimum absolute atomic E-state index is 0.110. The smallest absolute Gasteiger partial charge is 0.234 e. The average Bonchev–Trinajstić information content (AvgIpc) is 3.15. The van der Waals surface area contributed by atoms with E-state index in [0.717, 1.165) is 29.1 Å². The topological polar surface area (TPSA) is 45.2 Å². The largest absolute Gasteiger partial charge is 0.352 e. The molecule has 0 atom stereocenters. The third kappa shape index (κ3) is 4.12. The predicted octanol–water partition coefficient (Wildman–Crippen LogP) is 2.52. The van der Waals surface area contributed by atoms with Gasteiger partial charge in [0.1, 0.15) is 5.01 Å². The Bertz CT molecular complexity index is 607. The van der Waals surface area contributed by atoms with Gasteiger partial charge in [0.15, 0.2) is 0 Å². The van der Waals surface area contributed by atoms with Gasteiger partial charge >= 0.3 is 0 Å². The Hall–Kier alpha value is -1.72. The standard InChI is InChI=1S/C16H19N3OS/c1-19(10-15(20)17-13-7-8-13)9-14-11-21-16(18-14)12-5-3-2-4-6-12/h2-6,11,13H,7-10H2,1H3,(H,17,20). The summed E-state index contributed by atoms with van der Waals surface area (Å²) in [4.78, 5) is 18.4. The molecule has 1 heterocycles. The van der Waals surface area contributed by atoms with E-state index in [-0.39, 0.29) is 5.91 Å². The van der Waals surface area contributed by atoms with E-state index in [9.17, 15) is 4.79 Å². The van der Waals surface area contributed by atoms with Crippen LogP contribution in [0.25, 0.3) is 10.6 Å². The first-order chi connectivity index (χ1) is 10.2. The van der Waals surface area contributed by atoms with Crippen molar-refractivity contribution >= 4 is 17.2 Å². The van der Waals surface area contributed by atoms with E-state index in [1.54, 1.807) is 11.3 Å². The van der Waals surface area contributed by atoms with Crippen LogP contribution < -0.4 is 5.32 Å². The molecule has 1 aromatic heterocycles. The highest BCUT2D eigenvalue weighted by Crippen LogP contribution is 2.23. The van der Waals surface area contributed by atoms with Crippen molar-refractivity contribution < 1.29 is 4.79 Å². The quantitative estimate of drug-likeness (QED) is 0.892. The summed E-state index contributed by atoms with van der Waals surface area (Å²) < 4.78 is 0. The number of benzene rings is 1. The summed E-state index contributed by atoms with van der Waals surface area (Å²) in [7, 11) is 1.95. The fourth-order valence-corrected chi connectivity index (χ4v) is 2.99. The Morgan fingerprint density at radius 2 is 2.14 bits per heavy atom. The highest BCUT2D eigenvalue weighted by atomic mass is 32.1. The van der Waals surface area contributed by atoms with Crippen molar-refractivity contribution in [1.82, 2.24) is 15.2 Å². The Morgan fingerprint density at radius 1 is 1.38 bits per heavy atom. The third-order valence-electron chi connectivity index (χ3n) is 3.36. The van der Waals surface area contributed by atoms with Gasteiger partial charge in [0.05, 0.1) is 12.2 Å². The molecule has 0 unspecified atom stereocenters. The van der Waals surface area contributed by atoms with Crippen molar-refractivity contribution in [3.8, 4) is 10.6 Å². The second kappa shape index (κ2) is 6.37. The SMILES string of the molecule is CN(CC(=O)NC1CC1)Cc1csc(-c2ccccc2)n1. The molecule has 0 bridgehead atoms. The molecule has 21 heavy (non-hydrogen) atoms. The number of carbonyl (C=O) groups is 1. The fraction of sp³-hybridized carbons (Fsp3) is 0.375. The summed E-state index contributed by atoms with van der Waals surface area (Å²) >= 11 is 1.65. The third-order valence-corrected chi connectivity index (χ3v) is 4.30. The molecule has 0 saturated heterocycles. The second-order valence-electron chi connectivity index (χ2n) is 5.52. The number of likely N-dealkylation sites (N-methyl/N-ethyl adjacent to an activating group) is 1. The van der Waals surface area contributed by atoms with E-state index in [1.165, 1.54) is 0 Å². The van der Waals surface area contributed by atoms with Crippen LogP contribution in [0.1, 0.15) is 18.5 Å². The summed E-state index contributed by atoms with van der Waals surface area (Å²) in [5.41, 5.74) is 2.16. The molecule has 3 rings (SSSR count). The van der Waals surface area contributed by atoms with Crippen molar-refractivity contribution in [3.05, 3.63) is 41.4 Å². The molecule has 1 aliphatic rings. The molecule has 0 spiro atoms. The van der Waals surface area contributed by atoms with Gasteiger partial charge in [-0.15, -0.1) is 11.3 Å². The molecular formula is C16H19N3OS. The van der Waals surface area contributed by atoms with Crippen LogP contribution in [0.2, 0.25) is 0 Å². The van der Waals surface area contributed by atoms with Crippen LogP contribution in [0.15, 0.2) is 35.7 Å². The lowest BCUT2D eigenvalue weighted by Gasteiger charge is -2.14. The molecule has 2 aromatic rings. The van der Waals surface area contributed by atoms with Gasteiger partial charge in [-0.1, -0.05) is 30.3 Å². The van der Waals surface area contributed by atoms with E-state index in [1.807, 2.05) is 30.1 Å². The molecular weight excluding hydrogens is 282 g/mol. The number of amides is 1. The zero-order valence-electron chi connectivity index (χ0n) is 12.1. The maximum Gasteiger partial charge on any atom is 0.234 e. The van der Waals surface area contributed by atoms with Crippen LogP contribution in [-0.2, 0) is 11.3 Å². The number of nitrogens with zero attached hydrogens (tertiary/aromatic N) is 2. The normalized spacial score (nSPS) is 14.4. The Morgan fingerprint density at radius 3 is 2.86 bits per heavy atom. The number of thiazole rings is 1. The second-order valence-corrected chi connectivity index (χ2v) is 6.38. The highest BCUT2D eigenvalue weighted by molar-refractivity contribution is 7.13. The van der Waals surface area contributed by atoms with Gasteiger partial charge in [-0.3, -0.25) is 9.69 Å². The van der Waals surface area contributed by atoms with E-state index in [0.29, 0.717) is 19.1 Å². The minimum atomic E-state index is 0.110. The number of hydrogen-bond donors (Lipinski definition) is 1. The first kappa shape index (κ1) is 14.2. The molecule has 5 heteroatoms. The lowest BCUT2D eigenvalue weighted by molar-refractivity contribution is -0.122. The zero-order valence-corrected chi connectivity index (χ0v) is 12.9. The lowest BCUT2D eigenvalue weighted by atomic mass is 10.2. The van der Waals surface area contributed by atoms with Crippen molar-refractivity contribution in [1.29, 1.82) is 0 Å². The van der Waals surface area contributed by atoms with Gasteiger partial charge in [-0.2, -0.15) is 0 Å².